The molecule has 1 aliphatic heterocycles. The molecule has 2 amide bonds. The molecule has 2 N–H and O–H groups in total. The van der Waals surface area contributed by atoms with E-state index in [1.165, 1.54) is 0 Å². The van der Waals surface area contributed by atoms with Crippen molar-refractivity contribution in [2.45, 2.75) is 69.2 Å². The Morgan fingerprint density at radius 2 is 2.10 bits per heavy atom. The highest BCUT2D eigenvalue weighted by molar-refractivity contribution is 7.99. The van der Waals surface area contributed by atoms with Crippen LogP contribution < -0.4 is 5.32 Å². The number of carbonyl (C=O) groups excluding carboxylic acids is 1. The zero-order valence-electron chi connectivity index (χ0n) is 12.9. The van der Waals surface area contributed by atoms with E-state index in [2.05, 4.69) is 12.2 Å². The molecule has 21 heavy (non-hydrogen) atoms. The molecule has 1 saturated carbocycles. The van der Waals surface area contributed by atoms with Crippen LogP contribution in [0.4, 0.5) is 4.79 Å². The van der Waals surface area contributed by atoms with Gasteiger partial charge in [0.2, 0.25) is 0 Å². The van der Waals surface area contributed by atoms with E-state index in [9.17, 15) is 14.7 Å². The molecule has 1 heterocycles. The first-order valence-corrected chi connectivity index (χ1v) is 9.03. The molecule has 5 nitrogen and oxygen atoms in total. The Hall–Kier alpha value is -0.910. The number of rotatable bonds is 5. The molecule has 3 atom stereocenters. The lowest BCUT2D eigenvalue weighted by Gasteiger charge is -2.35. The van der Waals surface area contributed by atoms with Gasteiger partial charge in [-0.3, -0.25) is 0 Å². The third-order valence-electron chi connectivity index (χ3n) is 4.86. The first-order chi connectivity index (χ1) is 10.0. The second-order valence-corrected chi connectivity index (χ2v) is 7.44. The molecule has 2 rings (SSSR count). The van der Waals surface area contributed by atoms with E-state index < -0.39 is 11.5 Å². The lowest BCUT2D eigenvalue weighted by molar-refractivity contribution is -0.148. The minimum atomic E-state index is -1.00. The summed E-state index contributed by atoms with van der Waals surface area (Å²) in [6, 6.07) is -0.00301. The van der Waals surface area contributed by atoms with E-state index in [1.807, 2.05) is 18.7 Å². The standard InChI is InChI=1S/C15H26N2O3S/c1-3-15(13(18)19)9-6-10-17(15)14(20)16-11-7-5-8-12(11)21-4-2/h11-12H,3-10H2,1-2H3,(H,16,20)(H,18,19). The highest BCUT2D eigenvalue weighted by Crippen LogP contribution is 2.34. The highest BCUT2D eigenvalue weighted by Gasteiger charge is 2.49. The lowest BCUT2D eigenvalue weighted by Crippen LogP contribution is -2.57. The van der Waals surface area contributed by atoms with Crippen molar-refractivity contribution in [3.8, 4) is 0 Å². The maximum absolute atomic E-state index is 12.6. The third kappa shape index (κ3) is 3.15. The van der Waals surface area contributed by atoms with Crippen molar-refractivity contribution < 1.29 is 14.7 Å². The Balaban J connectivity index is 2.04. The molecule has 1 aliphatic carbocycles. The van der Waals surface area contributed by atoms with Crippen LogP contribution in [0.15, 0.2) is 0 Å². The maximum atomic E-state index is 12.6. The second-order valence-electron chi connectivity index (χ2n) is 5.93. The largest absolute Gasteiger partial charge is 0.479 e. The summed E-state index contributed by atoms with van der Waals surface area (Å²) >= 11 is 1.89. The SMILES string of the molecule is CCSC1CCCC1NC(=O)N1CCCC1(CC)C(=O)O. The molecule has 2 aliphatic rings. The first-order valence-electron chi connectivity index (χ1n) is 7.98. The predicted octanol–water partition coefficient (Wildman–Crippen LogP) is 2.70. The maximum Gasteiger partial charge on any atom is 0.329 e. The van der Waals surface area contributed by atoms with Crippen molar-refractivity contribution in [2.75, 3.05) is 12.3 Å². The zero-order chi connectivity index (χ0) is 15.5. The van der Waals surface area contributed by atoms with Crippen molar-refractivity contribution in [1.29, 1.82) is 0 Å². The number of hydrogen-bond donors (Lipinski definition) is 2. The fourth-order valence-corrected chi connectivity index (χ4v) is 4.85. The van der Waals surface area contributed by atoms with E-state index in [4.69, 9.17) is 0 Å². The van der Waals surface area contributed by atoms with Crippen LogP contribution in [0, 0.1) is 0 Å². The molecule has 0 aromatic heterocycles. The summed E-state index contributed by atoms with van der Waals surface area (Å²) in [4.78, 5) is 25.8. The molecule has 120 valence electrons. The Bertz CT molecular complexity index is 404. The van der Waals surface area contributed by atoms with Gasteiger partial charge in [-0.25, -0.2) is 9.59 Å². The van der Waals surface area contributed by atoms with Crippen LogP contribution in [-0.4, -0.2) is 51.1 Å². The molecule has 6 heteroatoms. The number of carboxylic acid groups (broad SMARTS) is 1. The Morgan fingerprint density at radius 3 is 2.71 bits per heavy atom. The summed E-state index contributed by atoms with van der Waals surface area (Å²) in [6.45, 7) is 4.53. The summed E-state index contributed by atoms with van der Waals surface area (Å²) in [7, 11) is 0. The summed E-state index contributed by atoms with van der Waals surface area (Å²) in [5, 5.41) is 13.1. The molecule has 0 bridgehead atoms. The van der Waals surface area contributed by atoms with Gasteiger partial charge in [0.25, 0.3) is 0 Å². The molecule has 2 fully saturated rings. The van der Waals surface area contributed by atoms with Crippen molar-refractivity contribution in [3.63, 3.8) is 0 Å². The van der Waals surface area contributed by atoms with Crippen molar-refractivity contribution >= 4 is 23.8 Å². The van der Waals surface area contributed by atoms with E-state index in [-0.39, 0.29) is 12.1 Å². The number of carboxylic acids is 1. The Kier molecular flexibility index (Phi) is 5.41. The minimum absolute atomic E-state index is 0.186. The van der Waals surface area contributed by atoms with Crippen LogP contribution in [0.2, 0.25) is 0 Å². The van der Waals surface area contributed by atoms with Crippen molar-refractivity contribution in [3.05, 3.63) is 0 Å². The van der Waals surface area contributed by atoms with Gasteiger partial charge in [-0.2, -0.15) is 11.8 Å². The summed E-state index contributed by atoms with van der Waals surface area (Å²) in [6.07, 6.45) is 5.08. The number of nitrogens with one attached hydrogen (secondary N) is 1. The number of hydrogen-bond acceptors (Lipinski definition) is 3. The van der Waals surface area contributed by atoms with Crippen LogP contribution >= 0.6 is 11.8 Å². The second kappa shape index (κ2) is 6.90. The number of carbonyl (C=O) groups is 2. The molecule has 3 unspecified atom stereocenters. The smallest absolute Gasteiger partial charge is 0.329 e. The van der Waals surface area contributed by atoms with Crippen LogP contribution in [0.25, 0.3) is 0 Å². The first kappa shape index (κ1) is 16.5. The van der Waals surface area contributed by atoms with Gasteiger partial charge in [0.1, 0.15) is 5.54 Å². The molecule has 0 aromatic rings. The normalized spacial score (nSPS) is 32.4. The Labute approximate surface area is 130 Å². The Morgan fingerprint density at radius 1 is 1.33 bits per heavy atom. The molecular formula is C15H26N2O3S. The number of nitrogens with zero attached hydrogens (tertiary/aromatic N) is 1. The van der Waals surface area contributed by atoms with Gasteiger partial charge in [0, 0.05) is 17.8 Å². The van der Waals surface area contributed by atoms with Crippen LogP contribution in [0.5, 0.6) is 0 Å². The quantitative estimate of drug-likeness (QED) is 0.818. The van der Waals surface area contributed by atoms with Gasteiger partial charge in [-0.15, -0.1) is 0 Å². The van der Waals surface area contributed by atoms with Crippen LogP contribution in [-0.2, 0) is 4.79 Å². The predicted molar refractivity (Wildman–Crippen MR) is 84.7 cm³/mol. The fourth-order valence-electron chi connectivity index (χ4n) is 3.66. The number of likely N-dealkylation sites (tertiary alicyclic amines) is 1. The van der Waals surface area contributed by atoms with Gasteiger partial charge < -0.3 is 15.3 Å². The van der Waals surface area contributed by atoms with Gasteiger partial charge in [0.15, 0.2) is 0 Å². The zero-order valence-corrected chi connectivity index (χ0v) is 13.7. The van der Waals surface area contributed by atoms with Crippen LogP contribution in [0.3, 0.4) is 0 Å². The topological polar surface area (TPSA) is 69.6 Å². The fraction of sp³-hybridized carbons (Fsp3) is 0.867. The van der Waals surface area contributed by atoms with E-state index in [0.717, 1.165) is 31.4 Å². The van der Waals surface area contributed by atoms with E-state index >= 15 is 0 Å². The number of aliphatic carboxylic acids is 1. The van der Waals surface area contributed by atoms with Crippen molar-refractivity contribution in [1.82, 2.24) is 10.2 Å². The molecule has 0 radical (unpaired) electrons. The monoisotopic (exact) mass is 314 g/mol. The van der Waals surface area contributed by atoms with Gasteiger partial charge in [-0.1, -0.05) is 20.3 Å². The van der Waals surface area contributed by atoms with Crippen LogP contribution in [0.1, 0.15) is 52.4 Å². The molecule has 0 spiro atoms. The lowest BCUT2D eigenvalue weighted by atomic mass is 9.93. The third-order valence-corrected chi connectivity index (χ3v) is 6.18. The molecule has 1 saturated heterocycles. The average Bonchev–Trinajstić information content (AvgIpc) is 3.06. The molecule has 0 aromatic carbocycles. The van der Waals surface area contributed by atoms with Crippen molar-refractivity contribution in [2.24, 2.45) is 0 Å². The van der Waals surface area contributed by atoms with Gasteiger partial charge in [0.05, 0.1) is 0 Å². The summed E-state index contributed by atoms with van der Waals surface area (Å²) in [5.41, 5.74) is -1.00. The van der Waals surface area contributed by atoms with Gasteiger partial charge >= 0.3 is 12.0 Å². The average molecular weight is 314 g/mol. The highest BCUT2D eigenvalue weighted by atomic mass is 32.2. The number of amides is 2. The van der Waals surface area contributed by atoms with Gasteiger partial charge in [-0.05, 0) is 37.9 Å². The molecular weight excluding hydrogens is 288 g/mol. The minimum Gasteiger partial charge on any atom is -0.479 e. The van der Waals surface area contributed by atoms with E-state index in [1.54, 1.807) is 4.90 Å². The number of thioether (sulfide) groups is 1. The summed E-state index contributed by atoms with van der Waals surface area (Å²) in [5.74, 6) is 0.179. The number of urea groups is 1. The van der Waals surface area contributed by atoms with E-state index in [0.29, 0.717) is 24.6 Å². The summed E-state index contributed by atoms with van der Waals surface area (Å²) < 4.78 is 0.